The predicted molar refractivity (Wildman–Crippen MR) is 103 cm³/mol. The molecule has 1 aromatic carbocycles. The number of methoxy groups -OCH3 is 1. The maximum Gasteiger partial charge on any atom is 0.239 e. The van der Waals surface area contributed by atoms with Crippen molar-refractivity contribution in [1.82, 2.24) is 16.2 Å². The fourth-order valence-electron chi connectivity index (χ4n) is 3.20. The van der Waals surface area contributed by atoms with Crippen LogP contribution in [0, 0.1) is 5.92 Å². The van der Waals surface area contributed by atoms with Gasteiger partial charge in [0, 0.05) is 6.04 Å². The summed E-state index contributed by atoms with van der Waals surface area (Å²) in [5.41, 5.74) is 7.34. The summed E-state index contributed by atoms with van der Waals surface area (Å²) in [5, 5.41) is 3.09. The third-order valence-electron chi connectivity index (χ3n) is 4.56. The molecule has 0 spiro atoms. The molecule has 1 saturated heterocycles. The van der Waals surface area contributed by atoms with Crippen molar-refractivity contribution in [3.05, 3.63) is 23.8 Å². The van der Waals surface area contributed by atoms with E-state index in [4.69, 9.17) is 9.47 Å². The van der Waals surface area contributed by atoms with Crippen molar-refractivity contribution in [3.8, 4) is 11.5 Å². The zero-order valence-corrected chi connectivity index (χ0v) is 16.6. The van der Waals surface area contributed by atoms with Gasteiger partial charge in [-0.2, -0.15) is 0 Å². The molecule has 3 unspecified atom stereocenters. The average Bonchev–Trinajstić information content (AvgIpc) is 3.07. The van der Waals surface area contributed by atoms with Crippen molar-refractivity contribution in [1.29, 1.82) is 0 Å². The van der Waals surface area contributed by atoms with Gasteiger partial charge < -0.3 is 14.8 Å². The monoisotopic (exact) mass is 363 g/mol. The number of hydrazine groups is 1. The highest BCUT2D eigenvalue weighted by Crippen LogP contribution is 2.30. The van der Waals surface area contributed by atoms with E-state index >= 15 is 0 Å². The number of rotatable bonds is 9. The van der Waals surface area contributed by atoms with Crippen LogP contribution < -0.4 is 25.6 Å². The van der Waals surface area contributed by atoms with Crippen LogP contribution in [0.5, 0.6) is 11.5 Å². The molecular weight excluding hydrogens is 330 g/mol. The number of carbonyl (C=O) groups is 1. The van der Waals surface area contributed by atoms with E-state index in [0.29, 0.717) is 24.3 Å². The molecule has 26 heavy (non-hydrogen) atoms. The molecule has 0 saturated carbocycles. The Morgan fingerprint density at radius 1 is 1.27 bits per heavy atom. The average molecular weight is 364 g/mol. The second-order valence-electron chi connectivity index (χ2n) is 7.39. The molecule has 1 amide bonds. The minimum absolute atomic E-state index is 0.0153. The van der Waals surface area contributed by atoms with Crippen molar-refractivity contribution in [2.45, 2.75) is 65.1 Å². The fraction of sp³-hybridized carbons (Fsp3) is 0.650. The number of benzene rings is 1. The van der Waals surface area contributed by atoms with E-state index in [0.717, 1.165) is 30.6 Å². The van der Waals surface area contributed by atoms with Crippen LogP contribution in [0.1, 0.15) is 58.6 Å². The number of hydrogen-bond donors (Lipinski definition) is 3. The topological polar surface area (TPSA) is 71.6 Å². The second kappa shape index (κ2) is 9.78. The Hall–Kier alpha value is -1.79. The minimum atomic E-state index is -0.199. The molecule has 3 atom stereocenters. The molecular formula is C20H33N3O3. The Kier molecular flexibility index (Phi) is 7.72. The number of nitrogens with one attached hydrogen (secondary N) is 3. The highest BCUT2D eigenvalue weighted by Gasteiger charge is 2.30. The molecule has 0 aliphatic carbocycles. The molecule has 6 heteroatoms. The van der Waals surface area contributed by atoms with Crippen LogP contribution in [-0.4, -0.2) is 31.7 Å². The standard InChI is InChI=1S/C20H33N3O3/c1-6-9-26-18-8-7-15(11-19(18)25-5)14(4)21-20(24)17-12-16(22-23-17)10-13(2)3/h7-8,11,13-14,16-17,22-23H,6,9-10,12H2,1-5H3,(H,21,24). The summed E-state index contributed by atoms with van der Waals surface area (Å²) in [6.45, 7) is 9.08. The summed E-state index contributed by atoms with van der Waals surface area (Å²) in [4.78, 5) is 12.6. The Balaban J connectivity index is 1.94. The summed E-state index contributed by atoms with van der Waals surface area (Å²) >= 11 is 0. The summed E-state index contributed by atoms with van der Waals surface area (Å²) in [6.07, 6.45) is 2.81. The van der Waals surface area contributed by atoms with Gasteiger partial charge in [-0.15, -0.1) is 0 Å². The van der Waals surface area contributed by atoms with Crippen molar-refractivity contribution >= 4 is 5.91 Å². The molecule has 6 nitrogen and oxygen atoms in total. The van der Waals surface area contributed by atoms with Crippen LogP contribution in [0.3, 0.4) is 0 Å². The molecule has 1 aliphatic rings. The van der Waals surface area contributed by atoms with Crippen LogP contribution in [0.2, 0.25) is 0 Å². The van der Waals surface area contributed by atoms with Crippen LogP contribution in [-0.2, 0) is 4.79 Å². The lowest BCUT2D eigenvalue weighted by atomic mass is 9.99. The van der Waals surface area contributed by atoms with Crippen molar-refractivity contribution < 1.29 is 14.3 Å². The van der Waals surface area contributed by atoms with E-state index in [-0.39, 0.29) is 18.0 Å². The lowest BCUT2D eigenvalue weighted by molar-refractivity contribution is -0.123. The van der Waals surface area contributed by atoms with Crippen LogP contribution >= 0.6 is 0 Å². The lowest BCUT2D eigenvalue weighted by Gasteiger charge is -2.19. The largest absolute Gasteiger partial charge is 0.493 e. The predicted octanol–water partition coefficient (Wildman–Crippen LogP) is 2.94. The first kappa shape index (κ1) is 20.5. The molecule has 1 aliphatic heterocycles. The first-order valence-electron chi connectivity index (χ1n) is 9.56. The third kappa shape index (κ3) is 5.61. The van der Waals surface area contributed by atoms with Gasteiger partial charge in [-0.25, -0.2) is 5.43 Å². The van der Waals surface area contributed by atoms with Gasteiger partial charge >= 0.3 is 0 Å². The second-order valence-corrected chi connectivity index (χ2v) is 7.39. The van der Waals surface area contributed by atoms with Crippen molar-refractivity contribution in [2.24, 2.45) is 5.92 Å². The normalized spacial score (nSPS) is 20.8. The summed E-state index contributed by atoms with van der Waals surface area (Å²) in [5.74, 6) is 2.04. The van der Waals surface area contributed by atoms with Gasteiger partial charge in [-0.3, -0.25) is 10.2 Å². The van der Waals surface area contributed by atoms with E-state index in [9.17, 15) is 4.79 Å². The zero-order valence-electron chi connectivity index (χ0n) is 16.6. The zero-order chi connectivity index (χ0) is 19.1. The number of amides is 1. The molecule has 1 fully saturated rings. The molecule has 1 aromatic rings. The minimum Gasteiger partial charge on any atom is -0.493 e. The Labute approximate surface area is 157 Å². The number of ether oxygens (including phenoxy) is 2. The van der Waals surface area contributed by atoms with E-state index in [1.807, 2.05) is 25.1 Å². The summed E-state index contributed by atoms with van der Waals surface area (Å²) in [6, 6.07) is 5.84. The fourth-order valence-corrected chi connectivity index (χ4v) is 3.20. The molecule has 1 heterocycles. The maximum absolute atomic E-state index is 12.6. The van der Waals surface area contributed by atoms with Gasteiger partial charge in [0.1, 0.15) is 6.04 Å². The van der Waals surface area contributed by atoms with Gasteiger partial charge in [-0.1, -0.05) is 26.8 Å². The third-order valence-corrected chi connectivity index (χ3v) is 4.56. The van der Waals surface area contributed by atoms with Gasteiger partial charge in [0.05, 0.1) is 19.8 Å². The molecule has 0 aromatic heterocycles. The van der Waals surface area contributed by atoms with E-state index < -0.39 is 0 Å². The van der Waals surface area contributed by atoms with E-state index in [2.05, 4.69) is 36.9 Å². The highest BCUT2D eigenvalue weighted by molar-refractivity contribution is 5.82. The summed E-state index contributed by atoms with van der Waals surface area (Å²) in [7, 11) is 1.63. The Morgan fingerprint density at radius 3 is 2.69 bits per heavy atom. The van der Waals surface area contributed by atoms with Crippen molar-refractivity contribution in [2.75, 3.05) is 13.7 Å². The first-order valence-corrected chi connectivity index (χ1v) is 9.56. The van der Waals surface area contributed by atoms with Crippen molar-refractivity contribution in [3.63, 3.8) is 0 Å². The maximum atomic E-state index is 12.6. The van der Waals surface area contributed by atoms with E-state index in [1.165, 1.54) is 0 Å². The van der Waals surface area contributed by atoms with Gasteiger partial charge in [0.2, 0.25) is 5.91 Å². The van der Waals surface area contributed by atoms with Crippen LogP contribution in [0.15, 0.2) is 18.2 Å². The molecule has 146 valence electrons. The molecule has 0 radical (unpaired) electrons. The smallest absolute Gasteiger partial charge is 0.239 e. The number of carbonyl (C=O) groups excluding carboxylic acids is 1. The Morgan fingerprint density at radius 2 is 2.04 bits per heavy atom. The van der Waals surface area contributed by atoms with Gasteiger partial charge in [0.25, 0.3) is 0 Å². The van der Waals surface area contributed by atoms with Crippen LogP contribution in [0.4, 0.5) is 0 Å². The highest BCUT2D eigenvalue weighted by atomic mass is 16.5. The molecule has 2 rings (SSSR count). The number of hydrogen-bond acceptors (Lipinski definition) is 5. The van der Waals surface area contributed by atoms with Gasteiger partial charge in [-0.05, 0) is 49.8 Å². The van der Waals surface area contributed by atoms with Gasteiger partial charge in [0.15, 0.2) is 11.5 Å². The Bertz CT molecular complexity index is 592. The molecule has 0 bridgehead atoms. The summed E-state index contributed by atoms with van der Waals surface area (Å²) < 4.78 is 11.1. The van der Waals surface area contributed by atoms with Crippen LogP contribution in [0.25, 0.3) is 0 Å². The quantitative estimate of drug-likeness (QED) is 0.629. The first-order chi connectivity index (χ1) is 12.4. The molecule has 3 N–H and O–H groups in total. The lowest BCUT2D eigenvalue weighted by Crippen LogP contribution is -2.44. The van der Waals surface area contributed by atoms with E-state index in [1.54, 1.807) is 7.11 Å². The SMILES string of the molecule is CCCOc1ccc(C(C)NC(=O)C2CC(CC(C)C)NN2)cc1OC.